The minimum atomic E-state index is -0.776. The van der Waals surface area contributed by atoms with Crippen molar-refractivity contribution < 1.29 is 24.9 Å². The predicted molar refractivity (Wildman–Crippen MR) is 105 cm³/mol. The van der Waals surface area contributed by atoms with Gasteiger partial charge in [-0.3, -0.25) is 4.79 Å². The minimum absolute atomic E-state index is 0.0571. The average Bonchev–Trinajstić information content (AvgIpc) is 2.90. The van der Waals surface area contributed by atoms with Crippen molar-refractivity contribution in [3.63, 3.8) is 0 Å². The first-order valence-corrected chi connectivity index (χ1v) is 9.97. The monoisotopic (exact) mass is 396 g/mol. The number of hydrogen-bond donors (Lipinski definition) is 3. The van der Waals surface area contributed by atoms with Gasteiger partial charge in [0.25, 0.3) is 0 Å². The number of alkyl halides is 1. The van der Waals surface area contributed by atoms with Gasteiger partial charge in [-0.15, -0.1) is 11.6 Å². The van der Waals surface area contributed by atoms with Gasteiger partial charge in [-0.05, 0) is 49.7 Å². The first kappa shape index (κ1) is 21.7. The summed E-state index contributed by atoms with van der Waals surface area (Å²) in [5.74, 6) is 0.0160. The van der Waals surface area contributed by atoms with Crippen LogP contribution < -0.4 is 4.74 Å². The summed E-state index contributed by atoms with van der Waals surface area (Å²) in [4.78, 5) is 10.5. The van der Waals surface area contributed by atoms with Gasteiger partial charge in [0.1, 0.15) is 5.75 Å². The highest BCUT2D eigenvalue weighted by Crippen LogP contribution is 2.39. The Bertz CT molecular complexity index is 618. The molecule has 2 rings (SSSR count). The number of allylic oxidation sites excluding steroid dienone is 2. The molecule has 0 radical (unpaired) electrons. The number of rotatable bonds is 11. The van der Waals surface area contributed by atoms with Gasteiger partial charge in [0.15, 0.2) is 0 Å². The number of halogens is 1. The molecule has 0 spiro atoms. The van der Waals surface area contributed by atoms with Gasteiger partial charge >= 0.3 is 5.97 Å². The number of aliphatic hydroxyl groups excluding tert-OH is 2. The highest BCUT2D eigenvalue weighted by atomic mass is 35.5. The third-order valence-corrected chi connectivity index (χ3v) is 5.60. The molecule has 1 aromatic rings. The van der Waals surface area contributed by atoms with E-state index in [1.807, 2.05) is 36.4 Å². The molecule has 0 aromatic heterocycles. The second-order valence-electron chi connectivity index (χ2n) is 7.03. The summed E-state index contributed by atoms with van der Waals surface area (Å²) in [5, 5.41) is 28.1. The molecule has 3 N–H and O–H groups in total. The molecule has 1 aromatic carbocycles. The van der Waals surface area contributed by atoms with Crippen LogP contribution in [0.1, 0.15) is 37.7 Å². The standard InChI is InChI=1S/C21H29ClO5/c22-18-13-19(24)17(16(18)8-3-1-2-4-10-21(25)26)14-27-20-9-6-5-7-15(20)11-12-23/h1,3,5-7,9,16-19,23-24H,2,4,8,10-14H2,(H,25,26)/b3-1-/t16-,17-,18-,19-/m1/s1. The van der Waals surface area contributed by atoms with Gasteiger partial charge in [-0.2, -0.15) is 0 Å². The smallest absolute Gasteiger partial charge is 0.303 e. The largest absolute Gasteiger partial charge is 0.493 e. The molecule has 5 nitrogen and oxygen atoms in total. The Morgan fingerprint density at radius 3 is 2.78 bits per heavy atom. The molecule has 0 amide bonds. The molecule has 0 heterocycles. The van der Waals surface area contributed by atoms with Crippen molar-refractivity contribution >= 4 is 17.6 Å². The van der Waals surface area contributed by atoms with Gasteiger partial charge < -0.3 is 20.1 Å². The Hall–Kier alpha value is -1.56. The van der Waals surface area contributed by atoms with Crippen LogP contribution in [-0.4, -0.2) is 46.0 Å². The minimum Gasteiger partial charge on any atom is -0.493 e. The molecule has 1 aliphatic rings. The van der Waals surface area contributed by atoms with Gasteiger partial charge in [0.05, 0.1) is 12.7 Å². The van der Waals surface area contributed by atoms with Crippen LogP contribution in [0.5, 0.6) is 5.75 Å². The zero-order valence-electron chi connectivity index (χ0n) is 15.5. The normalized spacial score (nSPS) is 25.1. The zero-order valence-corrected chi connectivity index (χ0v) is 16.2. The maximum absolute atomic E-state index is 10.5. The van der Waals surface area contributed by atoms with Crippen LogP contribution in [0.15, 0.2) is 36.4 Å². The molecule has 27 heavy (non-hydrogen) atoms. The van der Waals surface area contributed by atoms with E-state index < -0.39 is 12.1 Å². The highest BCUT2D eigenvalue weighted by Gasteiger charge is 2.41. The number of carbonyl (C=O) groups is 1. The summed E-state index contributed by atoms with van der Waals surface area (Å²) < 4.78 is 5.97. The van der Waals surface area contributed by atoms with Crippen LogP contribution in [0.25, 0.3) is 0 Å². The van der Waals surface area contributed by atoms with Gasteiger partial charge in [-0.1, -0.05) is 30.4 Å². The lowest BCUT2D eigenvalue weighted by Gasteiger charge is -2.23. The Kier molecular flexibility index (Phi) is 9.11. The molecule has 0 saturated heterocycles. The van der Waals surface area contributed by atoms with E-state index >= 15 is 0 Å². The summed E-state index contributed by atoms with van der Waals surface area (Å²) in [7, 11) is 0. The van der Waals surface area contributed by atoms with Crippen LogP contribution in [0.4, 0.5) is 0 Å². The zero-order chi connectivity index (χ0) is 19.6. The fourth-order valence-electron chi connectivity index (χ4n) is 3.59. The number of carboxylic acids is 1. The summed E-state index contributed by atoms with van der Waals surface area (Å²) in [6.07, 6.45) is 6.87. The first-order valence-electron chi connectivity index (χ1n) is 9.53. The highest BCUT2D eigenvalue weighted by molar-refractivity contribution is 6.21. The summed E-state index contributed by atoms with van der Waals surface area (Å²) in [5.41, 5.74) is 0.949. The Morgan fingerprint density at radius 2 is 2.04 bits per heavy atom. The summed E-state index contributed by atoms with van der Waals surface area (Å²) in [6, 6.07) is 7.61. The molecule has 1 saturated carbocycles. The van der Waals surface area contributed by atoms with Crippen LogP contribution in [0.2, 0.25) is 0 Å². The van der Waals surface area contributed by atoms with E-state index in [4.69, 9.17) is 21.4 Å². The fraction of sp³-hybridized carbons (Fsp3) is 0.571. The van der Waals surface area contributed by atoms with Crippen molar-refractivity contribution in [1.29, 1.82) is 0 Å². The SMILES string of the molecule is O=C(O)CCC/C=C\C[C@@H]1[C@@H](COc2ccccc2CCO)[C@H](O)C[C@H]1Cl. The van der Waals surface area contributed by atoms with Crippen molar-refractivity contribution in [2.75, 3.05) is 13.2 Å². The number of carboxylic acid groups (broad SMARTS) is 1. The van der Waals surface area contributed by atoms with E-state index in [1.54, 1.807) is 0 Å². The van der Waals surface area contributed by atoms with E-state index in [0.29, 0.717) is 25.9 Å². The second-order valence-corrected chi connectivity index (χ2v) is 7.59. The molecule has 0 unspecified atom stereocenters. The lowest BCUT2D eigenvalue weighted by molar-refractivity contribution is -0.137. The van der Waals surface area contributed by atoms with Gasteiger partial charge in [0.2, 0.25) is 0 Å². The molecule has 6 heteroatoms. The van der Waals surface area contributed by atoms with E-state index in [0.717, 1.165) is 24.2 Å². The maximum Gasteiger partial charge on any atom is 0.303 e. The Labute approximate surface area is 165 Å². The molecule has 1 aliphatic carbocycles. The van der Waals surface area contributed by atoms with E-state index in [2.05, 4.69) is 0 Å². The predicted octanol–water partition coefficient (Wildman–Crippen LogP) is 3.41. The lowest BCUT2D eigenvalue weighted by Crippen LogP contribution is -2.27. The number of benzene rings is 1. The van der Waals surface area contributed by atoms with Crippen LogP contribution in [-0.2, 0) is 11.2 Å². The molecular formula is C21H29ClO5. The van der Waals surface area contributed by atoms with Crippen molar-refractivity contribution in [1.82, 2.24) is 0 Å². The van der Waals surface area contributed by atoms with Crippen molar-refractivity contribution in [3.8, 4) is 5.75 Å². The van der Waals surface area contributed by atoms with Gasteiger partial charge in [0, 0.05) is 24.3 Å². The van der Waals surface area contributed by atoms with E-state index in [9.17, 15) is 15.0 Å². The number of aliphatic carboxylic acids is 1. The number of hydrogen-bond acceptors (Lipinski definition) is 4. The number of para-hydroxylation sites is 1. The number of unbranched alkanes of at least 4 members (excludes halogenated alkanes) is 1. The lowest BCUT2D eigenvalue weighted by atomic mass is 9.92. The fourth-order valence-corrected chi connectivity index (χ4v) is 4.06. The van der Waals surface area contributed by atoms with Gasteiger partial charge in [-0.25, -0.2) is 0 Å². The topological polar surface area (TPSA) is 87.0 Å². The molecule has 0 bridgehead atoms. The number of aliphatic hydroxyl groups is 2. The van der Waals surface area contributed by atoms with E-state index in [1.165, 1.54) is 0 Å². The maximum atomic E-state index is 10.5. The van der Waals surface area contributed by atoms with Crippen molar-refractivity contribution in [2.45, 2.75) is 50.0 Å². The second kappa shape index (κ2) is 11.3. The molecular weight excluding hydrogens is 368 g/mol. The molecule has 4 atom stereocenters. The average molecular weight is 397 g/mol. The molecule has 0 aliphatic heterocycles. The quantitative estimate of drug-likeness (QED) is 0.303. The van der Waals surface area contributed by atoms with Crippen molar-refractivity contribution in [2.24, 2.45) is 11.8 Å². The number of ether oxygens (including phenoxy) is 1. The Balaban J connectivity index is 1.89. The van der Waals surface area contributed by atoms with Crippen LogP contribution >= 0.6 is 11.6 Å². The van der Waals surface area contributed by atoms with Crippen LogP contribution in [0.3, 0.4) is 0 Å². The third kappa shape index (κ3) is 6.83. The summed E-state index contributed by atoms with van der Waals surface area (Å²) in [6.45, 7) is 0.440. The molecule has 1 fully saturated rings. The summed E-state index contributed by atoms with van der Waals surface area (Å²) >= 11 is 6.45. The Morgan fingerprint density at radius 1 is 1.26 bits per heavy atom. The van der Waals surface area contributed by atoms with Crippen molar-refractivity contribution in [3.05, 3.63) is 42.0 Å². The molecule has 150 valence electrons. The first-order chi connectivity index (χ1) is 13.0. The van der Waals surface area contributed by atoms with E-state index in [-0.39, 0.29) is 30.2 Å². The third-order valence-electron chi connectivity index (χ3n) is 5.10. The van der Waals surface area contributed by atoms with Crippen LogP contribution in [0, 0.1) is 11.8 Å².